The zero-order valence-corrected chi connectivity index (χ0v) is 45.2. The van der Waals surface area contributed by atoms with Gasteiger partial charge >= 0.3 is 6.03 Å². The molecule has 2 aliphatic carbocycles. The first kappa shape index (κ1) is 54.7. The summed E-state index contributed by atoms with van der Waals surface area (Å²) in [5, 5.41) is 24.2. The lowest BCUT2D eigenvalue weighted by Crippen LogP contribution is -2.59. The average molecular weight is 1020 g/mol. The molecule has 9 atom stereocenters. The van der Waals surface area contributed by atoms with Crippen molar-refractivity contribution in [1.82, 2.24) is 47.0 Å². The molecule has 8 N–H and O–H groups in total. The van der Waals surface area contributed by atoms with Crippen molar-refractivity contribution in [3.63, 3.8) is 0 Å². The Balaban J connectivity index is 1.04. The topological polar surface area (TPSA) is 222 Å². The highest BCUT2D eigenvalue weighted by molar-refractivity contribution is 6.79. The van der Waals surface area contributed by atoms with E-state index in [9.17, 15) is 33.6 Å². The summed E-state index contributed by atoms with van der Waals surface area (Å²) in [6.45, 7) is 13.4. The molecule has 0 bridgehead atoms. The lowest BCUT2D eigenvalue weighted by Gasteiger charge is -2.36. The summed E-state index contributed by atoms with van der Waals surface area (Å²) in [7, 11) is 1.32. The summed E-state index contributed by atoms with van der Waals surface area (Å²) in [6, 6.07) is 17.7. The molecule has 3 aromatic rings. The maximum absolute atomic E-state index is 14.7. The number of likely N-dealkylation sites (N-methyl/N-ethyl adjacent to an activating group) is 2. The Kier molecular flexibility index (Phi) is 17.5. The van der Waals surface area contributed by atoms with Gasteiger partial charge in [-0.3, -0.25) is 28.8 Å². The van der Waals surface area contributed by atoms with Crippen LogP contribution in [0.1, 0.15) is 107 Å². The number of anilines is 1. The van der Waals surface area contributed by atoms with E-state index in [-0.39, 0.29) is 61.0 Å². The SMILES string of the molecule is CN[C@@H](C)C(=O)NC(Cc1ccc(NC(=O)N[C@H]2C[C@@H](C(=O)NC3CCCc4ccccc43)N(C(=O)[C@@H](NC(=O)[C@H](C)NC)C(C)(C)C)C2)cc1)C(=O)N1C[Si](C)(C)C[C@H]1C(=O)NC1CCCc2ccccc21. The van der Waals surface area contributed by atoms with Crippen LogP contribution in [0.15, 0.2) is 72.8 Å². The van der Waals surface area contributed by atoms with Gasteiger partial charge in [-0.15, -0.1) is 0 Å². The number of carbonyl (C=O) groups is 7. The van der Waals surface area contributed by atoms with E-state index in [4.69, 9.17) is 0 Å². The van der Waals surface area contributed by atoms with E-state index in [1.807, 2.05) is 51.1 Å². The van der Waals surface area contributed by atoms with Crippen LogP contribution in [0.2, 0.25) is 19.1 Å². The van der Waals surface area contributed by atoms with Crippen molar-refractivity contribution in [1.29, 1.82) is 0 Å². The fourth-order valence-corrected chi connectivity index (χ4v) is 13.7. The lowest BCUT2D eigenvalue weighted by atomic mass is 9.85. The number of hydrogen-bond donors (Lipinski definition) is 8. The van der Waals surface area contributed by atoms with Crippen LogP contribution in [-0.2, 0) is 48.0 Å². The van der Waals surface area contributed by atoms with Crippen LogP contribution in [-0.4, -0.2) is 128 Å². The molecular formula is C55H78N10O7Si. The minimum absolute atomic E-state index is 0.0373. The van der Waals surface area contributed by atoms with Crippen LogP contribution in [0, 0.1) is 5.41 Å². The molecule has 0 aromatic heterocycles. The highest BCUT2D eigenvalue weighted by atomic mass is 28.3. The van der Waals surface area contributed by atoms with Gasteiger partial charge in [0.05, 0.1) is 38.3 Å². The summed E-state index contributed by atoms with van der Waals surface area (Å²) in [4.78, 5) is 101. The van der Waals surface area contributed by atoms with Crippen molar-refractivity contribution in [2.75, 3.05) is 32.1 Å². The minimum atomic E-state index is -2.02. The molecule has 2 fully saturated rings. The van der Waals surface area contributed by atoms with E-state index in [0.717, 1.165) is 55.2 Å². The third kappa shape index (κ3) is 13.4. The maximum Gasteiger partial charge on any atom is 0.319 e. The summed E-state index contributed by atoms with van der Waals surface area (Å²) in [5.74, 6) is -1.93. The first-order chi connectivity index (χ1) is 34.7. The third-order valence-electron chi connectivity index (χ3n) is 15.2. The molecule has 0 saturated carbocycles. The van der Waals surface area contributed by atoms with Gasteiger partial charge in [-0.2, -0.15) is 0 Å². The van der Waals surface area contributed by atoms with E-state index < -0.39 is 67.7 Å². The Morgan fingerprint density at radius 1 is 0.671 bits per heavy atom. The molecular weight excluding hydrogens is 941 g/mol. The monoisotopic (exact) mass is 1020 g/mol. The zero-order chi connectivity index (χ0) is 52.8. The fraction of sp³-hybridized carbons (Fsp3) is 0.545. The van der Waals surface area contributed by atoms with Crippen LogP contribution >= 0.6 is 0 Å². The molecule has 0 spiro atoms. The van der Waals surface area contributed by atoms with Crippen LogP contribution in [0.4, 0.5) is 10.5 Å². The Bertz CT molecular complexity index is 2520. The van der Waals surface area contributed by atoms with Gasteiger partial charge in [0.25, 0.3) is 0 Å². The molecule has 4 aliphatic rings. The molecule has 18 heteroatoms. The van der Waals surface area contributed by atoms with Crippen molar-refractivity contribution in [2.24, 2.45) is 5.41 Å². The molecule has 2 heterocycles. The molecule has 2 aliphatic heterocycles. The molecule has 3 unspecified atom stereocenters. The van der Waals surface area contributed by atoms with E-state index in [0.29, 0.717) is 17.9 Å². The Labute approximate surface area is 431 Å². The number of fused-ring (bicyclic) bond motifs is 2. The molecule has 394 valence electrons. The van der Waals surface area contributed by atoms with Crippen LogP contribution in [0.3, 0.4) is 0 Å². The summed E-state index contributed by atoms with van der Waals surface area (Å²) < 4.78 is 0. The van der Waals surface area contributed by atoms with Crippen molar-refractivity contribution < 1.29 is 33.6 Å². The molecule has 3 aromatic carbocycles. The number of nitrogens with one attached hydrogen (secondary N) is 8. The average Bonchev–Trinajstić information content (AvgIpc) is 3.94. The molecule has 17 nitrogen and oxygen atoms in total. The largest absolute Gasteiger partial charge is 0.348 e. The van der Waals surface area contributed by atoms with Gasteiger partial charge < -0.3 is 52.3 Å². The van der Waals surface area contributed by atoms with Gasteiger partial charge in [0.15, 0.2) is 0 Å². The van der Waals surface area contributed by atoms with E-state index in [1.165, 1.54) is 16.0 Å². The van der Waals surface area contributed by atoms with Crippen molar-refractivity contribution >= 4 is 55.2 Å². The number of aryl methyl sites for hydroxylation is 2. The second kappa shape index (κ2) is 23.4. The smallest absolute Gasteiger partial charge is 0.319 e. The van der Waals surface area contributed by atoms with Gasteiger partial charge in [-0.05, 0) is 124 Å². The standard InChI is InChI=1S/C55H78N10O7Si/c1-33(56-6)48(66)62-44(52(70)65-32-73(8,9)31-46(65)51(69)61-43-23-15-19-37-17-11-13-21-41(37)43)28-35-24-26-38(27-25-35)58-54(72)59-39-29-45(50(68)60-42-22-14-18-36-16-10-12-20-40(36)42)64(30-39)53(71)47(55(3,4)5)63-49(67)34(2)57-7/h10-13,16-17,20-21,24-27,33-34,39,42-47,56-57H,14-15,18-19,22-23,28-32H2,1-9H3,(H,60,68)(H,61,69)(H,62,66)(H,63,67)(H2,58,59,72)/t33-,34-,39-,42?,43?,44?,45-,46-,47+/m0/s1. The predicted molar refractivity (Wildman–Crippen MR) is 285 cm³/mol. The van der Waals surface area contributed by atoms with Crippen LogP contribution in [0.25, 0.3) is 0 Å². The van der Waals surface area contributed by atoms with Gasteiger partial charge in [0, 0.05) is 24.8 Å². The number of amides is 8. The van der Waals surface area contributed by atoms with Crippen molar-refractivity contribution in [2.45, 2.75) is 159 Å². The van der Waals surface area contributed by atoms with Gasteiger partial charge in [0.2, 0.25) is 35.4 Å². The number of carbonyl (C=O) groups excluding carboxylic acids is 7. The summed E-state index contributed by atoms with van der Waals surface area (Å²) in [5.41, 5.74) is 5.06. The quantitative estimate of drug-likeness (QED) is 0.0953. The van der Waals surface area contributed by atoms with Crippen molar-refractivity contribution in [3.05, 3.63) is 101 Å². The van der Waals surface area contributed by atoms with Gasteiger partial charge in [0.1, 0.15) is 24.2 Å². The Morgan fingerprint density at radius 3 is 1.75 bits per heavy atom. The van der Waals surface area contributed by atoms with E-state index in [1.54, 1.807) is 57.1 Å². The number of hydrogen-bond acceptors (Lipinski definition) is 9. The highest BCUT2D eigenvalue weighted by Gasteiger charge is 2.48. The number of benzene rings is 3. The summed E-state index contributed by atoms with van der Waals surface area (Å²) in [6.07, 6.45) is 6.10. The number of likely N-dealkylation sites (tertiary alicyclic amines) is 1. The minimum Gasteiger partial charge on any atom is -0.348 e. The van der Waals surface area contributed by atoms with Crippen LogP contribution < -0.4 is 42.5 Å². The number of urea groups is 1. The second-order valence-corrected chi connectivity index (χ2v) is 27.5. The Hall–Kier alpha value is -6.11. The van der Waals surface area contributed by atoms with Gasteiger partial charge in [-0.1, -0.05) is 94.5 Å². The number of rotatable bonds is 16. The number of nitrogens with zero attached hydrogens (tertiary/aromatic N) is 2. The maximum atomic E-state index is 14.7. The highest BCUT2D eigenvalue weighted by Crippen LogP contribution is 2.34. The zero-order valence-electron chi connectivity index (χ0n) is 44.2. The fourth-order valence-electron chi connectivity index (χ4n) is 10.9. The Morgan fingerprint density at radius 2 is 1.21 bits per heavy atom. The summed E-state index contributed by atoms with van der Waals surface area (Å²) >= 11 is 0. The van der Waals surface area contributed by atoms with Crippen molar-refractivity contribution in [3.8, 4) is 0 Å². The molecule has 8 amide bonds. The van der Waals surface area contributed by atoms with Gasteiger partial charge in [-0.25, -0.2) is 4.79 Å². The molecule has 73 heavy (non-hydrogen) atoms. The lowest BCUT2D eigenvalue weighted by molar-refractivity contribution is -0.144. The second-order valence-electron chi connectivity index (χ2n) is 22.5. The molecule has 7 rings (SSSR count). The predicted octanol–water partition coefficient (Wildman–Crippen LogP) is 4.40. The molecule has 2 saturated heterocycles. The molecule has 0 radical (unpaired) electrons. The first-order valence-corrected chi connectivity index (χ1v) is 29.6. The first-order valence-electron chi connectivity index (χ1n) is 26.2. The van der Waals surface area contributed by atoms with E-state index >= 15 is 0 Å². The third-order valence-corrected chi connectivity index (χ3v) is 17.9. The van der Waals surface area contributed by atoms with E-state index in [2.05, 4.69) is 73.8 Å². The normalized spacial score (nSPS) is 22.8. The van der Waals surface area contributed by atoms with Crippen LogP contribution in [0.5, 0.6) is 0 Å².